The van der Waals surface area contributed by atoms with Gasteiger partial charge in [0.1, 0.15) is 5.75 Å². The number of carbonyl (C=O) groups is 1. The maximum Gasteiger partial charge on any atom is 0.305 e. The number of carboxylic acid groups (broad SMARTS) is 1. The fourth-order valence-electron chi connectivity index (χ4n) is 2.02. The first-order valence-electron chi connectivity index (χ1n) is 6.54. The summed E-state index contributed by atoms with van der Waals surface area (Å²) in [6, 6.07) is 6.41. The third-order valence-electron chi connectivity index (χ3n) is 2.85. The summed E-state index contributed by atoms with van der Waals surface area (Å²) in [6.45, 7) is 5.80. The first kappa shape index (κ1) is 16.5. The first-order chi connectivity index (χ1) is 9.23. The lowest BCUT2D eigenvalue weighted by molar-refractivity contribution is -0.138. The highest BCUT2D eigenvalue weighted by Gasteiger charge is 2.27. The van der Waals surface area contributed by atoms with E-state index >= 15 is 0 Å². The van der Waals surface area contributed by atoms with E-state index in [1.165, 1.54) is 0 Å². The number of rotatable bonds is 6. The molecule has 2 atom stereocenters. The number of hydrogen-bond donors (Lipinski definition) is 3. The van der Waals surface area contributed by atoms with E-state index in [2.05, 4.69) is 5.32 Å². The predicted octanol–water partition coefficient (Wildman–Crippen LogP) is 1.96. The lowest BCUT2D eigenvalue weighted by Crippen LogP contribution is -2.47. The van der Waals surface area contributed by atoms with Gasteiger partial charge in [-0.15, -0.1) is 0 Å². The summed E-state index contributed by atoms with van der Waals surface area (Å²) in [5.74, 6) is -0.251. The molecule has 1 aromatic carbocycles. The van der Waals surface area contributed by atoms with Gasteiger partial charge < -0.3 is 20.3 Å². The van der Waals surface area contributed by atoms with Crippen molar-refractivity contribution in [1.29, 1.82) is 0 Å². The Morgan fingerprint density at radius 3 is 2.25 bits per heavy atom. The smallest absolute Gasteiger partial charge is 0.305 e. The third-order valence-corrected chi connectivity index (χ3v) is 2.85. The normalized spacial score (nSPS) is 14.7. The van der Waals surface area contributed by atoms with E-state index in [9.17, 15) is 9.90 Å². The zero-order valence-electron chi connectivity index (χ0n) is 12.4. The highest BCUT2D eigenvalue weighted by molar-refractivity contribution is 5.67. The van der Waals surface area contributed by atoms with Crippen LogP contribution in [0.15, 0.2) is 24.3 Å². The van der Waals surface area contributed by atoms with Gasteiger partial charge in [0.2, 0.25) is 0 Å². The van der Waals surface area contributed by atoms with E-state index in [0.29, 0.717) is 11.3 Å². The van der Waals surface area contributed by atoms with Gasteiger partial charge in [-0.1, -0.05) is 12.1 Å². The number of nitrogens with one attached hydrogen (secondary N) is 1. The molecule has 0 fully saturated rings. The summed E-state index contributed by atoms with van der Waals surface area (Å²) in [6.07, 6.45) is -1.04. The van der Waals surface area contributed by atoms with Gasteiger partial charge >= 0.3 is 5.97 Å². The molecular weight excluding hydrogens is 258 g/mol. The highest BCUT2D eigenvalue weighted by atomic mass is 16.5. The molecule has 20 heavy (non-hydrogen) atoms. The maximum absolute atomic E-state index is 11.0. The summed E-state index contributed by atoms with van der Waals surface area (Å²) >= 11 is 0. The number of ether oxygens (including phenoxy) is 1. The van der Waals surface area contributed by atoms with Crippen molar-refractivity contribution < 1.29 is 19.7 Å². The molecule has 0 radical (unpaired) electrons. The van der Waals surface area contributed by atoms with Crippen LogP contribution in [0, 0.1) is 0 Å². The van der Waals surface area contributed by atoms with Gasteiger partial charge in [-0.3, -0.25) is 4.79 Å². The van der Waals surface area contributed by atoms with Crippen LogP contribution in [0.2, 0.25) is 0 Å². The van der Waals surface area contributed by atoms with E-state index in [0.717, 1.165) is 0 Å². The van der Waals surface area contributed by atoms with Gasteiger partial charge in [0.15, 0.2) is 0 Å². The second-order valence-corrected chi connectivity index (χ2v) is 5.82. The standard InChI is InChI=1S/C15H23NO4/c1-15(2,3)16-12(9-13(17)18)14(19)10-5-7-11(20-4)8-6-10/h5-8,12,14,16,19H,9H2,1-4H3,(H,17,18). The molecular formula is C15H23NO4. The number of hydrogen-bond acceptors (Lipinski definition) is 4. The summed E-state index contributed by atoms with van der Waals surface area (Å²) in [7, 11) is 1.57. The Bertz CT molecular complexity index is 436. The highest BCUT2D eigenvalue weighted by Crippen LogP contribution is 2.23. The molecule has 0 aliphatic rings. The summed E-state index contributed by atoms with van der Waals surface area (Å²) in [5.41, 5.74) is 0.377. The van der Waals surface area contributed by atoms with E-state index < -0.39 is 18.1 Å². The van der Waals surface area contributed by atoms with Crippen LogP contribution in [0.25, 0.3) is 0 Å². The van der Waals surface area contributed by atoms with Gasteiger partial charge in [-0.25, -0.2) is 0 Å². The van der Waals surface area contributed by atoms with Crippen molar-refractivity contribution in [3.63, 3.8) is 0 Å². The Morgan fingerprint density at radius 1 is 1.30 bits per heavy atom. The second kappa shape index (κ2) is 6.72. The number of carboxylic acids is 1. The van der Waals surface area contributed by atoms with Gasteiger partial charge in [0, 0.05) is 11.6 Å². The molecule has 5 heteroatoms. The van der Waals surface area contributed by atoms with Crippen molar-refractivity contribution in [3.05, 3.63) is 29.8 Å². The van der Waals surface area contributed by atoms with Gasteiger partial charge in [-0.2, -0.15) is 0 Å². The topological polar surface area (TPSA) is 78.8 Å². The Hall–Kier alpha value is -1.59. The van der Waals surface area contributed by atoms with Crippen LogP contribution < -0.4 is 10.1 Å². The van der Waals surface area contributed by atoms with Crippen LogP contribution in [0.3, 0.4) is 0 Å². The number of aliphatic hydroxyl groups excluding tert-OH is 1. The molecule has 2 unspecified atom stereocenters. The minimum absolute atomic E-state index is 0.148. The first-order valence-corrected chi connectivity index (χ1v) is 6.54. The van der Waals surface area contributed by atoms with Gasteiger partial charge in [-0.05, 0) is 38.5 Å². The van der Waals surface area contributed by atoms with E-state index in [1.807, 2.05) is 20.8 Å². The zero-order valence-corrected chi connectivity index (χ0v) is 12.4. The SMILES string of the molecule is COc1ccc(C(O)C(CC(=O)O)NC(C)(C)C)cc1. The van der Waals surface area contributed by atoms with Crippen molar-refractivity contribution >= 4 is 5.97 Å². The van der Waals surface area contributed by atoms with Crippen molar-refractivity contribution in [1.82, 2.24) is 5.32 Å². The summed E-state index contributed by atoms with van der Waals surface area (Å²) < 4.78 is 5.06. The average molecular weight is 281 g/mol. The van der Waals surface area contributed by atoms with Gasteiger partial charge in [0.25, 0.3) is 0 Å². The molecule has 0 heterocycles. The number of methoxy groups -OCH3 is 1. The fraction of sp³-hybridized carbons (Fsp3) is 0.533. The van der Waals surface area contributed by atoms with Crippen LogP contribution in [-0.4, -0.2) is 34.9 Å². The quantitative estimate of drug-likeness (QED) is 0.743. The molecule has 0 aromatic heterocycles. The van der Waals surface area contributed by atoms with Crippen LogP contribution >= 0.6 is 0 Å². The number of aliphatic hydroxyl groups is 1. The number of benzene rings is 1. The Morgan fingerprint density at radius 2 is 1.85 bits per heavy atom. The van der Waals surface area contributed by atoms with Crippen LogP contribution in [0.5, 0.6) is 5.75 Å². The van der Waals surface area contributed by atoms with Crippen molar-refractivity contribution in [2.75, 3.05) is 7.11 Å². The molecule has 0 aliphatic carbocycles. The lowest BCUT2D eigenvalue weighted by Gasteiger charge is -2.31. The fourth-order valence-corrected chi connectivity index (χ4v) is 2.02. The van der Waals surface area contributed by atoms with Crippen molar-refractivity contribution in [2.45, 2.75) is 44.9 Å². The van der Waals surface area contributed by atoms with Crippen LogP contribution in [0.4, 0.5) is 0 Å². The molecule has 0 spiro atoms. The predicted molar refractivity (Wildman–Crippen MR) is 76.9 cm³/mol. The summed E-state index contributed by atoms with van der Waals surface area (Å²) in [4.78, 5) is 11.0. The van der Waals surface area contributed by atoms with Crippen molar-refractivity contribution in [3.8, 4) is 5.75 Å². The molecule has 0 saturated heterocycles. The minimum atomic E-state index is -0.945. The molecule has 0 bridgehead atoms. The van der Waals surface area contributed by atoms with Crippen LogP contribution in [0.1, 0.15) is 38.9 Å². The molecule has 0 aliphatic heterocycles. The minimum Gasteiger partial charge on any atom is -0.497 e. The van der Waals surface area contributed by atoms with E-state index in [-0.39, 0.29) is 12.0 Å². The van der Waals surface area contributed by atoms with E-state index in [4.69, 9.17) is 9.84 Å². The Labute approximate surface area is 119 Å². The molecule has 1 rings (SSSR count). The Balaban J connectivity index is 2.90. The summed E-state index contributed by atoms with van der Waals surface area (Å²) in [5, 5.41) is 22.5. The number of aliphatic carboxylic acids is 1. The molecule has 0 amide bonds. The zero-order chi connectivity index (χ0) is 15.3. The molecule has 1 aromatic rings. The third kappa shape index (κ3) is 5.19. The largest absolute Gasteiger partial charge is 0.497 e. The second-order valence-electron chi connectivity index (χ2n) is 5.82. The van der Waals surface area contributed by atoms with Crippen LogP contribution in [-0.2, 0) is 4.79 Å². The molecule has 5 nitrogen and oxygen atoms in total. The van der Waals surface area contributed by atoms with Gasteiger partial charge in [0.05, 0.1) is 19.6 Å². The van der Waals surface area contributed by atoms with Crippen molar-refractivity contribution in [2.24, 2.45) is 0 Å². The average Bonchev–Trinajstić information content (AvgIpc) is 2.35. The monoisotopic (exact) mass is 281 g/mol. The Kier molecular flexibility index (Phi) is 5.53. The molecule has 3 N–H and O–H groups in total. The van der Waals surface area contributed by atoms with E-state index in [1.54, 1.807) is 31.4 Å². The maximum atomic E-state index is 11.0. The molecule has 0 saturated carbocycles. The molecule has 112 valence electrons. The lowest BCUT2D eigenvalue weighted by atomic mass is 9.96.